The number of carbonyl (C=O) groups is 1. The van der Waals surface area contributed by atoms with Crippen LogP contribution in [0.15, 0.2) is 30.3 Å². The summed E-state index contributed by atoms with van der Waals surface area (Å²) in [6.07, 6.45) is 0. The van der Waals surface area contributed by atoms with Crippen LogP contribution in [0.3, 0.4) is 0 Å². The Morgan fingerprint density at radius 3 is 2.62 bits per heavy atom. The fraction of sp³-hybridized carbons (Fsp3) is 0. The number of hydrogen-bond acceptors (Lipinski definition) is 6. The number of rotatable bonds is 4. The van der Waals surface area contributed by atoms with Crippen LogP contribution in [0.25, 0.3) is 0 Å². The lowest BCUT2D eigenvalue weighted by Crippen LogP contribution is -2.02. The predicted octanol–water partition coefficient (Wildman–Crippen LogP) is 2.67. The SMILES string of the molecule is Nc1nc(Nc2ccc(C(=O)O)c(Cl)c2)ccc1[N+](=O)[O-]. The van der Waals surface area contributed by atoms with E-state index < -0.39 is 10.9 Å². The van der Waals surface area contributed by atoms with Gasteiger partial charge in [-0.3, -0.25) is 10.1 Å². The van der Waals surface area contributed by atoms with Gasteiger partial charge >= 0.3 is 11.7 Å². The van der Waals surface area contributed by atoms with Gasteiger partial charge in [0, 0.05) is 11.8 Å². The molecule has 2 aromatic rings. The number of nitrogens with two attached hydrogens (primary N) is 1. The highest BCUT2D eigenvalue weighted by Gasteiger charge is 2.13. The molecule has 4 N–H and O–H groups in total. The van der Waals surface area contributed by atoms with Gasteiger partial charge in [0.25, 0.3) is 0 Å². The molecule has 0 saturated carbocycles. The van der Waals surface area contributed by atoms with Gasteiger partial charge in [0.2, 0.25) is 5.82 Å². The minimum atomic E-state index is -1.13. The van der Waals surface area contributed by atoms with E-state index in [9.17, 15) is 14.9 Å². The van der Waals surface area contributed by atoms with Crippen LogP contribution in [0.1, 0.15) is 10.4 Å². The second kappa shape index (κ2) is 5.63. The molecule has 0 unspecified atom stereocenters. The summed E-state index contributed by atoms with van der Waals surface area (Å²) < 4.78 is 0. The number of halogens is 1. The number of carboxylic acid groups (broad SMARTS) is 1. The molecule has 0 aliphatic rings. The van der Waals surface area contributed by atoms with Gasteiger partial charge in [0.05, 0.1) is 15.5 Å². The van der Waals surface area contributed by atoms with E-state index in [0.717, 1.165) is 0 Å². The normalized spacial score (nSPS) is 10.1. The first-order valence-corrected chi connectivity index (χ1v) is 5.97. The lowest BCUT2D eigenvalue weighted by Gasteiger charge is -2.08. The third kappa shape index (κ3) is 3.18. The average Bonchev–Trinajstić information content (AvgIpc) is 2.37. The Bertz CT molecular complexity index is 674. The van der Waals surface area contributed by atoms with E-state index >= 15 is 0 Å². The van der Waals surface area contributed by atoms with Gasteiger partial charge in [-0.1, -0.05) is 11.6 Å². The van der Waals surface area contributed by atoms with Crippen LogP contribution in [0.2, 0.25) is 5.02 Å². The molecule has 1 aromatic heterocycles. The Morgan fingerprint density at radius 2 is 2.10 bits per heavy atom. The number of benzene rings is 1. The first-order valence-electron chi connectivity index (χ1n) is 5.59. The summed E-state index contributed by atoms with van der Waals surface area (Å²) in [5, 5.41) is 22.4. The molecule has 21 heavy (non-hydrogen) atoms. The summed E-state index contributed by atoms with van der Waals surface area (Å²) in [7, 11) is 0. The second-order valence-corrected chi connectivity index (χ2v) is 4.39. The smallest absolute Gasteiger partial charge is 0.337 e. The van der Waals surface area contributed by atoms with Gasteiger partial charge < -0.3 is 16.2 Å². The van der Waals surface area contributed by atoms with E-state index in [4.69, 9.17) is 22.4 Å². The molecule has 1 aromatic carbocycles. The molecule has 8 nitrogen and oxygen atoms in total. The Labute approximate surface area is 123 Å². The molecule has 9 heteroatoms. The number of nitrogens with zero attached hydrogens (tertiary/aromatic N) is 2. The Morgan fingerprint density at radius 1 is 1.38 bits per heavy atom. The number of nitrogen functional groups attached to an aromatic ring is 1. The van der Waals surface area contributed by atoms with Gasteiger partial charge in [0.1, 0.15) is 5.82 Å². The number of nitrogens with one attached hydrogen (secondary N) is 1. The van der Waals surface area contributed by atoms with E-state index in [1.807, 2.05) is 0 Å². The van der Waals surface area contributed by atoms with Crippen LogP contribution in [0, 0.1) is 10.1 Å². The van der Waals surface area contributed by atoms with Crippen molar-refractivity contribution in [2.24, 2.45) is 0 Å². The van der Waals surface area contributed by atoms with Crippen molar-refractivity contribution < 1.29 is 14.8 Å². The zero-order chi connectivity index (χ0) is 15.6. The van der Waals surface area contributed by atoms with Crippen molar-refractivity contribution in [1.29, 1.82) is 0 Å². The molecule has 108 valence electrons. The number of carboxylic acids is 1. The molecule has 0 saturated heterocycles. The summed E-state index contributed by atoms with van der Waals surface area (Å²) in [5.74, 6) is -1.08. The minimum Gasteiger partial charge on any atom is -0.478 e. The predicted molar refractivity (Wildman–Crippen MR) is 77.0 cm³/mol. The van der Waals surface area contributed by atoms with E-state index in [2.05, 4.69) is 10.3 Å². The third-order valence-electron chi connectivity index (χ3n) is 2.57. The molecule has 1 heterocycles. The fourth-order valence-corrected chi connectivity index (χ4v) is 1.87. The zero-order valence-electron chi connectivity index (χ0n) is 10.4. The quantitative estimate of drug-likeness (QED) is 0.584. The number of nitro groups is 1. The van der Waals surface area contributed by atoms with Crippen LogP contribution < -0.4 is 11.1 Å². The van der Waals surface area contributed by atoms with Crippen molar-refractivity contribution in [2.75, 3.05) is 11.1 Å². The van der Waals surface area contributed by atoms with Crippen LogP contribution in [0.4, 0.5) is 23.0 Å². The molecule has 0 bridgehead atoms. The number of hydrogen-bond donors (Lipinski definition) is 3. The highest BCUT2D eigenvalue weighted by atomic mass is 35.5. The maximum absolute atomic E-state index is 10.8. The first-order chi connectivity index (χ1) is 9.88. The summed E-state index contributed by atoms with van der Waals surface area (Å²) in [6.45, 7) is 0. The maximum atomic E-state index is 10.8. The standard InChI is InChI=1S/C12H9ClN4O4/c13-8-5-6(1-2-7(8)12(18)19)15-10-4-3-9(17(20)21)11(14)16-10/h1-5H,(H,18,19)(H3,14,15,16). The second-order valence-electron chi connectivity index (χ2n) is 3.98. The minimum absolute atomic E-state index is 0.0293. The molecule has 0 fully saturated rings. The van der Waals surface area contributed by atoms with Crippen LogP contribution >= 0.6 is 11.6 Å². The molecule has 0 aliphatic carbocycles. The lowest BCUT2D eigenvalue weighted by molar-refractivity contribution is -0.384. The molecule has 0 radical (unpaired) electrons. The molecule has 0 amide bonds. The van der Waals surface area contributed by atoms with Crippen LogP contribution in [-0.4, -0.2) is 21.0 Å². The van der Waals surface area contributed by atoms with E-state index in [-0.39, 0.29) is 27.9 Å². The molecule has 2 rings (SSSR count). The van der Waals surface area contributed by atoms with Crippen molar-refractivity contribution in [3.05, 3.63) is 51.0 Å². The highest BCUT2D eigenvalue weighted by molar-refractivity contribution is 6.33. The topological polar surface area (TPSA) is 131 Å². The number of pyridine rings is 1. The first kappa shape index (κ1) is 14.5. The molecule has 0 spiro atoms. The van der Waals surface area contributed by atoms with E-state index in [1.165, 1.54) is 30.3 Å². The van der Waals surface area contributed by atoms with Crippen LogP contribution in [-0.2, 0) is 0 Å². The van der Waals surface area contributed by atoms with Crippen LogP contribution in [0.5, 0.6) is 0 Å². The van der Waals surface area contributed by atoms with E-state index in [0.29, 0.717) is 5.69 Å². The highest BCUT2D eigenvalue weighted by Crippen LogP contribution is 2.25. The van der Waals surface area contributed by atoms with Crippen molar-refractivity contribution in [3.63, 3.8) is 0 Å². The average molecular weight is 309 g/mol. The molecule has 0 aliphatic heterocycles. The largest absolute Gasteiger partial charge is 0.478 e. The number of anilines is 3. The van der Waals surface area contributed by atoms with Crippen molar-refractivity contribution >= 4 is 40.6 Å². The molecular formula is C12H9ClN4O4. The Kier molecular flexibility index (Phi) is 3.90. The fourth-order valence-electron chi connectivity index (χ4n) is 1.61. The zero-order valence-corrected chi connectivity index (χ0v) is 11.2. The van der Waals surface area contributed by atoms with Crippen molar-refractivity contribution in [3.8, 4) is 0 Å². The summed E-state index contributed by atoms with van der Waals surface area (Å²) >= 11 is 5.83. The summed E-state index contributed by atoms with van der Waals surface area (Å²) in [4.78, 5) is 24.7. The third-order valence-corrected chi connectivity index (χ3v) is 2.88. The Hall–Kier alpha value is -2.87. The van der Waals surface area contributed by atoms with Gasteiger partial charge in [-0.05, 0) is 24.3 Å². The van der Waals surface area contributed by atoms with Crippen molar-refractivity contribution in [2.45, 2.75) is 0 Å². The monoisotopic (exact) mass is 308 g/mol. The summed E-state index contributed by atoms with van der Waals surface area (Å²) in [6, 6.07) is 6.84. The summed E-state index contributed by atoms with van der Waals surface area (Å²) in [5.41, 5.74) is 5.63. The number of aromatic nitrogens is 1. The van der Waals surface area contributed by atoms with E-state index in [1.54, 1.807) is 0 Å². The van der Waals surface area contributed by atoms with Gasteiger partial charge in [-0.2, -0.15) is 0 Å². The Balaban J connectivity index is 2.26. The van der Waals surface area contributed by atoms with Gasteiger partial charge in [-0.15, -0.1) is 0 Å². The van der Waals surface area contributed by atoms with Gasteiger partial charge in [-0.25, -0.2) is 9.78 Å². The maximum Gasteiger partial charge on any atom is 0.337 e. The lowest BCUT2D eigenvalue weighted by atomic mass is 10.2. The van der Waals surface area contributed by atoms with Crippen molar-refractivity contribution in [1.82, 2.24) is 4.98 Å². The van der Waals surface area contributed by atoms with Gasteiger partial charge in [0.15, 0.2) is 0 Å². The molecular weight excluding hydrogens is 300 g/mol. The number of aromatic carboxylic acids is 1. The molecule has 0 atom stereocenters.